The summed E-state index contributed by atoms with van der Waals surface area (Å²) < 4.78 is 12.1. The van der Waals surface area contributed by atoms with Crippen LogP contribution in [-0.2, 0) is 9.47 Å². The van der Waals surface area contributed by atoms with Crippen LogP contribution >= 0.6 is 0 Å². The first-order chi connectivity index (χ1) is 9.15. The van der Waals surface area contributed by atoms with E-state index in [1.807, 2.05) is 6.92 Å². The molecule has 4 heteroatoms. The molecule has 0 aromatic heterocycles. The molecule has 1 N–H and O–H groups in total. The Bertz CT molecular complexity index is 296. The van der Waals surface area contributed by atoms with E-state index in [0.29, 0.717) is 6.10 Å². The topological polar surface area (TPSA) is 41.9 Å². The molecule has 2 saturated heterocycles. The maximum Gasteiger partial charge on any atom is 0.0836 e. The average molecular weight is 269 g/mol. The fraction of sp³-hybridized carbons (Fsp3) is 1.00. The number of β-amino-alcohol motifs (C(OH)–C–C–N with tert-alkyl or cyclic N) is 1. The highest BCUT2D eigenvalue weighted by molar-refractivity contribution is 4.94. The summed E-state index contributed by atoms with van der Waals surface area (Å²) in [5, 5.41) is 9.44. The zero-order chi connectivity index (χ0) is 13.3. The van der Waals surface area contributed by atoms with E-state index in [0.717, 1.165) is 58.0 Å². The number of nitrogens with zero attached hydrogens (tertiary/aromatic N) is 1. The van der Waals surface area contributed by atoms with Crippen molar-refractivity contribution in [2.45, 2.75) is 56.8 Å². The summed E-state index contributed by atoms with van der Waals surface area (Å²) >= 11 is 0. The summed E-state index contributed by atoms with van der Waals surface area (Å²) in [7, 11) is 0. The van der Waals surface area contributed by atoms with Crippen molar-refractivity contribution in [2.24, 2.45) is 5.92 Å². The monoisotopic (exact) mass is 269 g/mol. The smallest absolute Gasteiger partial charge is 0.0836 e. The van der Waals surface area contributed by atoms with E-state index in [1.54, 1.807) is 0 Å². The van der Waals surface area contributed by atoms with Gasteiger partial charge in [-0.15, -0.1) is 0 Å². The molecule has 0 radical (unpaired) electrons. The van der Waals surface area contributed by atoms with Crippen molar-refractivity contribution >= 4 is 0 Å². The van der Waals surface area contributed by atoms with Gasteiger partial charge in [0.25, 0.3) is 0 Å². The van der Waals surface area contributed by atoms with Gasteiger partial charge in [-0.1, -0.05) is 0 Å². The lowest BCUT2D eigenvalue weighted by molar-refractivity contribution is -0.0500. The highest BCUT2D eigenvalue weighted by Crippen LogP contribution is 2.38. The van der Waals surface area contributed by atoms with Gasteiger partial charge in [0.15, 0.2) is 0 Å². The van der Waals surface area contributed by atoms with Crippen molar-refractivity contribution in [3.05, 3.63) is 0 Å². The summed E-state index contributed by atoms with van der Waals surface area (Å²) in [6, 6.07) is 0. The van der Waals surface area contributed by atoms with Crippen LogP contribution in [0.25, 0.3) is 0 Å². The predicted molar refractivity (Wildman–Crippen MR) is 73.1 cm³/mol. The zero-order valence-corrected chi connectivity index (χ0v) is 12.0. The standard InChI is InChI=1S/C15H27NO3/c1-12(17)9-16-6-4-15(5-7-16)8-14(11-19-15)18-10-13-2-3-13/h12-14,17H,2-11H2,1H3/t12-,14+/m0/s1. The van der Waals surface area contributed by atoms with Gasteiger partial charge >= 0.3 is 0 Å². The fourth-order valence-corrected chi connectivity index (χ4v) is 3.33. The van der Waals surface area contributed by atoms with Crippen LogP contribution in [0.4, 0.5) is 0 Å². The molecule has 2 aliphatic heterocycles. The molecule has 19 heavy (non-hydrogen) atoms. The number of piperidine rings is 1. The van der Waals surface area contributed by atoms with Gasteiger partial charge in [0.2, 0.25) is 0 Å². The molecule has 2 heterocycles. The Hall–Kier alpha value is -0.160. The van der Waals surface area contributed by atoms with Crippen molar-refractivity contribution in [2.75, 3.05) is 32.8 Å². The van der Waals surface area contributed by atoms with E-state index in [2.05, 4.69) is 4.90 Å². The van der Waals surface area contributed by atoms with Crippen molar-refractivity contribution in [3.63, 3.8) is 0 Å². The molecule has 3 aliphatic rings. The first kappa shape index (κ1) is 13.8. The van der Waals surface area contributed by atoms with E-state index in [9.17, 15) is 5.11 Å². The Morgan fingerprint density at radius 1 is 1.37 bits per heavy atom. The molecule has 1 spiro atoms. The molecule has 1 saturated carbocycles. The van der Waals surface area contributed by atoms with Gasteiger partial charge in [0.05, 0.1) is 24.4 Å². The number of aliphatic hydroxyl groups excluding tert-OH is 1. The first-order valence-corrected chi connectivity index (χ1v) is 7.81. The summed E-state index contributed by atoms with van der Waals surface area (Å²) in [6.07, 6.45) is 6.05. The van der Waals surface area contributed by atoms with E-state index < -0.39 is 0 Å². The highest BCUT2D eigenvalue weighted by Gasteiger charge is 2.43. The minimum atomic E-state index is -0.229. The quantitative estimate of drug-likeness (QED) is 0.819. The molecule has 0 bridgehead atoms. The van der Waals surface area contributed by atoms with E-state index in [-0.39, 0.29) is 11.7 Å². The second-order valence-corrected chi connectivity index (χ2v) is 6.75. The van der Waals surface area contributed by atoms with E-state index in [4.69, 9.17) is 9.47 Å². The first-order valence-electron chi connectivity index (χ1n) is 7.81. The predicted octanol–water partition coefficient (Wildman–Crippen LogP) is 1.42. The average Bonchev–Trinajstić information content (AvgIpc) is 3.13. The normalized spacial score (nSPS) is 32.8. The second-order valence-electron chi connectivity index (χ2n) is 6.75. The Labute approximate surface area is 116 Å². The summed E-state index contributed by atoms with van der Waals surface area (Å²) in [5.41, 5.74) is 0.0728. The Balaban J connectivity index is 1.42. The molecule has 0 amide bonds. The molecule has 3 rings (SSSR count). The fourth-order valence-electron chi connectivity index (χ4n) is 3.33. The van der Waals surface area contributed by atoms with Crippen LogP contribution in [0.15, 0.2) is 0 Å². The third-order valence-corrected chi connectivity index (χ3v) is 4.73. The molecule has 3 fully saturated rings. The van der Waals surface area contributed by atoms with Crippen molar-refractivity contribution in [1.29, 1.82) is 0 Å². The molecule has 0 unspecified atom stereocenters. The number of hydrogen-bond acceptors (Lipinski definition) is 4. The molecular formula is C15H27NO3. The maximum atomic E-state index is 9.44. The van der Waals surface area contributed by atoms with Gasteiger partial charge in [-0.2, -0.15) is 0 Å². The van der Waals surface area contributed by atoms with Gasteiger partial charge < -0.3 is 19.5 Å². The maximum absolute atomic E-state index is 9.44. The van der Waals surface area contributed by atoms with Crippen LogP contribution in [-0.4, -0.2) is 60.7 Å². The number of likely N-dealkylation sites (tertiary alicyclic amines) is 1. The van der Waals surface area contributed by atoms with E-state index in [1.165, 1.54) is 12.8 Å². The lowest BCUT2D eigenvalue weighted by Crippen LogP contribution is -2.46. The number of rotatable bonds is 5. The summed E-state index contributed by atoms with van der Waals surface area (Å²) in [5.74, 6) is 0.837. The third-order valence-electron chi connectivity index (χ3n) is 4.73. The zero-order valence-electron chi connectivity index (χ0n) is 12.0. The lowest BCUT2D eigenvalue weighted by atomic mass is 9.88. The molecule has 0 aromatic carbocycles. The van der Waals surface area contributed by atoms with Crippen LogP contribution in [0.2, 0.25) is 0 Å². The third kappa shape index (κ3) is 3.69. The minimum Gasteiger partial charge on any atom is -0.392 e. The summed E-state index contributed by atoms with van der Waals surface area (Å²) in [4.78, 5) is 2.34. The van der Waals surface area contributed by atoms with E-state index >= 15 is 0 Å². The van der Waals surface area contributed by atoms with Gasteiger partial charge in [-0.25, -0.2) is 0 Å². The number of hydrogen-bond donors (Lipinski definition) is 1. The Morgan fingerprint density at radius 2 is 2.11 bits per heavy atom. The van der Waals surface area contributed by atoms with Crippen molar-refractivity contribution < 1.29 is 14.6 Å². The number of ether oxygens (including phenoxy) is 2. The minimum absolute atomic E-state index is 0.0728. The van der Waals surface area contributed by atoms with Gasteiger partial charge in [-0.05, 0) is 38.5 Å². The molecule has 4 nitrogen and oxygen atoms in total. The van der Waals surface area contributed by atoms with Gasteiger partial charge in [0.1, 0.15) is 0 Å². The molecule has 110 valence electrons. The molecule has 2 atom stereocenters. The Kier molecular flexibility index (Phi) is 4.13. The van der Waals surface area contributed by atoms with Gasteiger partial charge in [-0.3, -0.25) is 0 Å². The second kappa shape index (κ2) is 5.68. The van der Waals surface area contributed by atoms with Crippen LogP contribution in [0.5, 0.6) is 0 Å². The van der Waals surface area contributed by atoms with Crippen LogP contribution < -0.4 is 0 Å². The number of aliphatic hydroxyl groups is 1. The van der Waals surface area contributed by atoms with Crippen molar-refractivity contribution in [3.8, 4) is 0 Å². The van der Waals surface area contributed by atoms with Crippen LogP contribution in [0.3, 0.4) is 0 Å². The Morgan fingerprint density at radius 3 is 2.74 bits per heavy atom. The van der Waals surface area contributed by atoms with Gasteiger partial charge in [0, 0.05) is 32.7 Å². The van der Waals surface area contributed by atoms with Crippen LogP contribution in [0.1, 0.15) is 39.0 Å². The van der Waals surface area contributed by atoms with Crippen molar-refractivity contribution in [1.82, 2.24) is 4.90 Å². The molecule has 1 aliphatic carbocycles. The SMILES string of the molecule is C[C@H](O)CN1CCC2(CC1)C[C@@H](OCC1CC1)CO2. The largest absolute Gasteiger partial charge is 0.392 e. The van der Waals surface area contributed by atoms with Crippen LogP contribution in [0, 0.1) is 5.92 Å². The summed E-state index contributed by atoms with van der Waals surface area (Å²) in [6.45, 7) is 6.46. The molecule has 0 aromatic rings. The highest BCUT2D eigenvalue weighted by atomic mass is 16.6. The molecular weight excluding hydrogens is 242 g/mol. The lowest BCUT2D eigenvalue weighted by Gasteiger charge is -2.39.